The Kier molecular flexibility index (Phi) is 6.21. The molecule has 8 heteroatoms. The lowest BCUT2D eigenvalue weighted by Gasteiger charge is -2.05. The van der Waals surface area contributed by atoms with Crippen LogP contribution in [0.15, 0.2) is 62.8 Å². The van der Waals surface area contributed by atoms with Gasteiger partial charge in [-0.05, 0) is 73.1 Å². The molecule has 2 heterocycles. The maximum Gasteiger partial charge on any atom is 0.337 e. The molecule has 3 aromatic rings. The molecule has 1 aliphatic heterocycles. The maximum atomic E-state index is 12.4. The van der Waals surface area contributed by atoms with Crippen molar-refractivity contribution in [2.24, 2.45) is 4.99 Å². The van der Waals surface area contributed by atoms with Crippen molar-refractivity contribution in [3.8, 4) is 11.3 Å². The number of amides is 1. The minimum Gasteiger partial charge on any atom is -0.465 e. The van der Waals surface area contributed by atoms with E-state index in [2.05, 4.69) is 10.3 Å². The Morgan fingerprint density at radius 3 is 2.78 bits per heavy atom. The number of hydrogen-bond donors (Lipinski definition) is 1. The van der Waals surface area contributed by atoms with Crippen molar-refractivity contribution < 1.29 is 18.7 Å². The molecule has 0 aliphatic carbocycles. The Morgan fingerprint density at radius 1 is 1.19 bits per heavy atom. The zero-order valence-electron chi connectivity index (χ0n) is 17.6. The predicted octanol–water partition coefficient (Wildman–Crippen LogP) is 5.90. The van der Waals surface area contributed by atoms with Gasteiger partial charge in [-0.1, -0.05) is 23.7 Å². The van der Waals surface area contributed by atoms with Gasteiger partial charge in [0.2, 0.25) is 0 Å². The second-order valence-corrected chi connectivity index (χ2v) is 8.53. The summed E-state index contributed by atoms with van der Waals surface area (Å²) in [5, 5.41) is 3.85. The van der Waals surface area contributed by atoms with Crippen LogP contribution in [-0.2, 0) is 9.53 Å². The number of halogens is 1. The molecule has 1 aromatic heterocycles. The zero-order chi connectivity index (χ0) is 22.8. The van der Waals surface area contributed by atoms with E-state index >= 15 is 0 Å². The van der Waals surface area contributed by atoms with Gasteiger partial charge in [-0.15, -0.1) is 0 Å². The summed E-state index contributed by atoms with van der Waals surface area (Å²) >= 11 is 7.38. The summed E-state index contributed by atoms with van der Waals surface area (Å²) in [5.74, 6) is 0.434. The number of carbonyl (C=O) groups is 2. The minimum atomic E-state index is -0.416. The molecule has 1 aliphatic rings. The number of hydrogen-bond acceptors (Lipinski definition) is 6. The molecular formula is C24H19ClN2O4S. The number of carbonyl (C=O) groups excluding carboxylic acids is 2. The lowest BCUT2D eigenvalue weighted by Crippen LogP contribution is -2.19. The number of nitrogens with one attached hydrogen (secondary N) is 1. The maximum absolute atomic E-state index is 12.4. The molecule has 1 fully saturated rings. The van der Waals surface area contributed by atoms with Crippen molar-refractivity contribution in [3.05, 3.63) is 80.9 Å². The summed E-state index contributed by atoms with van der Waals surface area (Å²) in [6.45, 7) is 3.80. The second kappa shape index (κ2) is 9.06. The molecular weight excluding hydrogens is 448 g/mol. The minimum absolute atomic E-state index is 0.254. The Balaban J connectivity index is 1.59. The van der Waals surface area contributed by atoms with Gasteiger partial charge in [0, 0.05) is 16.7 Å². The van der Waals surface area contributed by atoms with Gasteiger partial charge in [-0.25, -0.2) is 9.79 Å². The van der Waals surface area contributed by atoms with Crippen LogP contribution in [0.5, 0.6) is 0 Å². The monoisotopic (exact) mass is 466 g/mol. The first-order valence-corrected chi connectivity index (χ1v) is 10.9. The molecule has 0 radical (unpaired) electrons. The standard InChI is InChI=1S/C24H19ClN2O4S/c1-13-7-8-15(23(29)30-3)11-17(13)20-10-9-16(31-20)12-21-22(28)27-24(32-21)26-19-6-4-5-18(25)14(19)2/h4-12H,1-3H3,(H,26,27,28)/b21-12+. The highest BCUT2D eigenvalue weighted by Gasteiger charge is 2.25. The van der Waals surface area contributed by atoms with Crippen LogP contribution in [0.3, 0.4) is 0 Å². The quantitative estimate of drug-likeness (QED) is 0.382. The van der Waals surface area contributed by atoms with Gasteiger partial charge in [0.05, 0.1) is 23.3 Å². The highest BCUT2D eigenvalue weighted by atomic mass is 35.5. The Hall–Kier alpha value is -3.29. The topological polar surface area (TPSA) is 80.9 Å². The van der Waals surface area contributed by atoms with Gasteiger partial charge >= 0.3 is 5.97 Å². The smallest absolute Gasteiger partial charge is 0.337 e. The van der Waals surface area contributed by atoms with E-state index in [1.54, 1.807) is 36.4 Å². The third-order valence-corrected chi connectivity index (χ3v) is 6.26. The van der Waals surface area contributed by atoms with Gasteiger partial charge in [0.25, 0.3) is 5.91 Å². The molecule has 0 spiro atoms. The summed E-state index contributed by atoms with van der Waals surface area (Å²) in [5.41, 5.74) is 3.70. The van der Waals surface area contributed by atoms with E-state index in [4.69, 9.17) is 20.8 Å². The van der Waals surface area contributed by atoms with Crippen molar-refractivity contribution in [2.75, 3.05) is 7.11 Å². The van der Waals surface area contributed by atoms with Crippen molar-refractivity contribution in [3.63, 3.8) is 0 Å². The third kappa shape index (κ3) is 4.49. The molecule has 2 aromatic carbocycles. The molecule has 162 valence electrons. The first-order chi connectivity index (χ1) is 15.4. The van der Waals surface area contributed by atoms with Gasteiger partial charge in [-0.3, -0.25) is 4.79 Å². The van der Waals surface area contributed by atoms with Crippen molar-refractivity contribution in [1.82, 2.24) is 5.32 Å². The normalized spacial score (nSPS) is 15.9. The first kappa shape index (κ1) is 21.9. The van der Waals surface area contributed by atoms with E-state index in [0.717, 1.165) is 16.7 Å². The summed E-state index contributed by atoms with van der Waals surface area (Å²) in [7, 11) is 1.34. The van der Waals surface area contributed by atoms with Crippen LogP contribution >= 0.6 is 23.4 Å². The first-order valence-electron chi connectivity index (χ1n) is 9.69. The number of nitrogens with zero attached hydrogens (tertiary/aromatic N) is 1. The zero-order valence-corrected chi connectivity index (χ0v) is 19.1. The number of aryl methyl sites for hydroxylation is 1. The van der Waals surface area contributed by atoms with Crippen LogP contribution in [0.1, 0.15) is 27.2 Å². The van der Waals surface area contributed by atoms with Crippen LogP contribution in [0.25, 0.3) is 17.4 Å². The fraction of sp³-hybridized carbons (Fsp3) is 0.125. The van der Waals surface area contributed by atoms with E-state index in [1.807, 2.05) is 32.0 Å². The van der Waals surface area contributed by atoms with E-state index in [-0.39, 0.29) is 5.91 Å². The molecule has 0 saturated carbocycles. The Labute approximate surface area is 194 Å². The van der Waals surface area contributed by atoms with Crippen molar-refractivity contribution in [1.29, 1.82) is 0 Å². The molecule has 0 atom stereocenters. The molecule has 1 amide bonds. The number of amidine groups is 1. The number of aliphatic imine (C=N–C) groups is 1. The van der Waals surface area contributed by atoms with E-state index in [0.29, 0.717) is 37.9 Å². The predicted molar refractivity (Wildman–Crippen MR) is 127 cm³/mol. The number of ether oxygens (including phenoxy) is 1. The lowest BCUT2D eigenvalue weighted by molar-refractivity contribution is -0.115. The largest absolute Gasteiger partial charge is 0.465 e. The van der Waals surface area contributed by atoms with Crippen LogP contribution in [-0.4, -0.2) is 24.2 Å². The Bertz CT molecular complexity index is 1290. The van der Waals surface area contributed by atoms with Crippen LogP contribution in [0.2, 0.25) is 5.02 Å². The highest BCUT2D eigenvalue weighted by molar-refractivity contribution is 8.18. The fourth-order valence-corrected chi connectivity index (χ4v) is 4.13. The van der Waals surface area contributed by atoms with Gasteiger partial charge in [0.15, 0.2) is 5.17 Å². The average molecular weight is 467 g/mol. The summed E-state index contributed by atoms with van der Waals surface area (Å²) in [6.07, 6.45) is 1.66. The van der Waals surface area contributed by atoms with Crippen LogP contribution in [0.4, 0.5) is 5.69 Å². The van der Waals surface area contributed by atoms with Crippen molar-refractivity contribution >= 4 is 52.2 Å². The molecule has 32 heavy (non-hydrogen) atoms. The highest BCUT2D eigenvalue weighted by Crippen LogP contribution is 2.33. The van der Waals surface area contributed by atoms with E-state index in [1.165, 1.54) is 18.9 Å². The number of benzene rings is 2. The third-order valence-electron chi connectivity index (χ3n) is 4.94. The molecule has 1 N–H and O–H groups in total. The molecule has 0 unspecified atom stereocenters. The molecule has 4 rings (SSSR count). The van der Waals surface area contributed by atoms with E-state index in [9.17, 15) is 9.59 Å². The summed E-state index contributed by atoms with van der Waals surface area (Å²) in [6, 6.07) is 14.3. The lowest BCUT2D eigenvalue weighted by atomic mass is 10.0. The van der Waals surface area contributed by atoms with Crippen LogP contribution < -0.4 is 5.32 Å². The molecule has 0 bridgehead atoms. The van der Waals surface area contributed by atoms with Crippen molar-refractivity contribution in [2.45, 2.75) is 13.8 Å². The van der Waals surface area contributed by atoms with E-state index < -0.39 is 5.97 Å². The summed E-state index contributed by atoms with van der Waals surface area (Å²) < 4.78 is 10.7. The van der Waals surface area contributed by atoms with Gasteiger partial charge in [0.1, 0.15) is 11.5 Å². The summed E-state index contributed by atoms with van der Waals surface area (Å²) in [4.78, 5) is 29.2. The number of rotatable bonds is 4. The number of furan rings is 1. The SMILES string of the molecule is COC(=O)c1ccc(C)c(-c2ccc(/C=C3/SC(=Nc4cccc(Cl)c4C)NC3=O)o2)c1. The Morgan fingerprint density at radius 2 is 2.00 bits per heavy atom. The number of methoxy groups -OCH3 is 1. The fourth-order valence-electron chi connectivity index (χ4n) is 3.14. The number of thioether (sulfide) groups is 1. The molecule has 1 saturated heterocycles. The van der Waals surface area contributed by atoms with Gasteiger partial charge in [-0.2, -0.15) is 0 Å². The number of esters is 1. The second-order valence-electron chi connectivity index (χ2n) is 7.09. The van der Waals surface area contributed by atoms with Crippen LogP contribution in [0, 0.1) is 13.8 Å². The molecule has 6 nitrogen and oxygen atoms in total. The average Bonchev–Trinajstić information content (AvgIpc) is 3.38. The van der Waals surface area contributed by atoms with Gasteiger partial charge < -0.3 is 14.5 Å².